The molecule has 1 aliphatic heterocycles. The first-order chi connectivity index (χ1) is 11.8. The number of hydrogen-bond acceptors (Lipinski definition) is 7. The second-order valence-electron chi connectivity index (χ2n) is 5.97. The van der Waals surface area contributed by atoms with E-state index in [1.807, 2.05) is 17.0 Å². The number of rotatable bonds is 4. The van der Waals surface area contributed by atoms with Crippen LogP contribution in [0.4, 0.5) is 0 Å². The molecule has 2 aromatic rings. The second-order valence-corrected chi connectivity index (χ2v) is 6.58. The molecule has 1 saturated carbocycles. The van der Waals surface area contributed by atoms with Gasteiger partial charge in [-0.1, -0.05) is 4.49 Å². The number of nitrogens with zero attached hydrogens (tertiary/aromatic N) is 4. The minimum atomic E-state index is -0.115. The Balaban J connectivity index is 1.50. The summed E-state index contributed by atoms with van der Waals surface area (Å²) in [4.78, 5) is 18.6. The Kier molecular flexibility index (Phi) is 4.50. The van der Waals surface area contributed by atoms with Gasteiger partial charge in [0.1, 0.15) is 6.10 Å². The van der Waals surface area contributed by atoms with E-state index in [0.29, 0.717) is 25.5 Å². The molecule has 1 amide bonds. The van der Waals surface area contributed by atoms with E-state index in [1.165, 1.54) is 11.5 Å². The molecule has 2 aliphatic rings. The number of fused-ring (bicyclic) bond motifs is 2. The molecule has 0 unspecified atom stereocenters. The van der Waals surface area contributed by atoms with Crippen molar-refractivity contribution in [3.63, 3.8) is 0 Å². The van der Waals surface area contributed by atoms with E-state index < -0.39 is 0 Å². The van der Waals surface area contributed by atoms with E-state index in [4.69, 9.17) is 9.47 Å². The molecule has 1 saturated heterocycles. The van der Waals surface area contributed by atoms with Gasteiger partial charge in [-0.15, -0.1) is 5.10 Å². The highest BCUT2D eigenvalue weighted by molar-refractivity contribution is 7.03. The summed E-state index contributed by atoms with van der Waals surface area (Å²) in [5, 5.41) is 5.60. The molecule has 126 valence electrons. The minimum Gasteiger partial charge on any atom is -0.374 e. The zero-order valence-corrected chi connectivity index (χ0v) is 13.9. The standard InChI is InChI=1S/C16H18N4O3S/c21-16(12-10-24-19-18-12)20-7-8-22-14-2-1-13(20)15(14)23-9-11-3-5-17-6-4-11/h3-6,10,13-15H,1-2,7-9H2/t13-,14-,15-/m0/s1. The molecule has 8 heteroatoms. The summed E-state index contributed by atoms with van der Waals surface area (Å²) >= 11 is 1.19. The van der Waals surface area contributed by atoms with Gasteiger partial charge >= 0.3 is 0 Å². The highest BCUT2D eigenvalue weighted by Gasteiger charge is 2.45. The van der Waals surface area contributed by atoms with Gasteiger partial charge in [0, 0.05) is 24.3 Å². The first-order valence-corrected chi connectivity index (χ1v) is 8.87. The van der Waals surface area contributed by atoms with Crippen molar-refractivity contribution < 1.29 is 14.3 Å². The Hall–Kier alpha value is -1.90. The molecule has 2 bridgehead atoms. The third-order valence-corrected chi connectivity index (χ3v) is 5.09. The summed E-state index contributed by atoms with van der Waals surface area (Å²) in [6, 6.07) is 3.89. The molecule has 3 heterocycles. The molecule has 0 N–H and O–H groups in total. The van der Waals surface area contributed by atoms with Gasteiger partial charge in [0.05, 0.1) is 25.4 Å². The average molecular weight is 346 g/mol. The monoisotopic (exact) mass is 346 g/mol. The Labute approximate surface area is 143 Å². The topological polar surface area (TPSA) is 77.4 Å². The number of amides is 1. The molecule has 0 radical (unpaired) electrons. The molecule has 1 aliphatic carbocycles. The molecule has 24 heavy (non-hydrogen) atoms. The minimum absolute atomic E-state index is 0.0218. The number of pyridine rings is 1. The molecular weight excluding hydrogens is 328 g/mol. The van der Waals surface area contributed by atoms with Gasteiger partial charge in [0.15, 0.2) is 5.69 Å². The Morgan fingerprint density at radius 1 is 1.38 bits per heavy atom. The van der Waals surface area contributed by atoms with E-state index in [9.17, 15) is 4.79 Å². The first-order valence-electron chi connectivity index (χ1n) is 8.03. The summed E-state index contributed by atoms with van der Waals surface area (Å²) in [6.07, 6.45) is 5.23. The van der Waals surface area contributed by atoms with Gasteiger partial charge in [0.25, 0.3) is 5.91 Å². The van der Waals surface area contributed by atoms with Gasteiger partial charge < -0.3 is 14.4 Å². The molecule has 7 nitrogen and oxygen atoms in total. The summed E-state index contributed by atoms with van der Waals surface area (Å²) in [5.74, 6) is -0.0857. The van der Waals surface area contributed by atoms with Crippen LogP contribution in [0.5, 0.6) is 0 Å². The number of carbonyl (C=O) groups is 1. The van der Waals surface area contributed by atoms with Gasteiger partial charge in [-0.25, -0.2) is 0 Å². The van der Waals surface area contributed by atoms with Crippen molar-refractivity contribution in [2.45, 2.75) is 37.7 Å². The normalized spacial score (nSPS) is 26.3. The van der Waals surface area contributed by atoms with Crippen LogP contribution in [0.2, 0.25) is 0 Å². The fourth-order valence-corrected chi connectivity index (χ4v) is 3.87. The maximum Gasteiger partial charge on any atom is 0.275 e. The SMILES string of the molecule is O=C(c1csnn1)N1CCO[C@H]2CC[C@H]1[C@@H]2OCc1ccncc1. The van der Waals surface area contributed by atoms with Crippen LogP contribution in [0.1, 0.15) is 28.9 Å². The van der Waals surface area contributed by atoms with E-state index in [2.05, 4.69) is 14.6 Å². The molecular formula is C16H18N4O3S. The van der Waals surface area contributed by atoms with Crippen molar-refractivity contribution in [3.8, 4) is 0 Å². The fraction of sp³-hybridized carbons (Fsp3) is 0.500. The van der Waals surface area contributed by atoms with Crippen molar-refractivity contribution in [2.24, 2.45) is 0 Å². The number of ether oxygens (including phenoxy) is 2. The number of carbonyl (C=O) groups excluding carboxylic acids is 1. The van der Waals surface area contributed by atoms with Crippen LogP contribution >= 0.6 is 11.5 Å². The third kappa shape index (κ3) is 3.04. The maximum atomic E-state index is 12.7. The Morgan fingerprint density at radius 2 is 2.25 bits per heavy atom. The van der Waals surface area contributed by atoms with Crippen molar-refractivity contribution >= 4 is 17.4 Å². The van der Waals surface area contributed by atoms with Gasteiger partial charge in [-0.2, -0.15) is 0 Å². The van der Waals surface area contributed by atoms with Crippen LogP contribution in [0, 0.1) is 0 Å². The first kappa shape index (κ1) is 15.6. The lowest BCUT2D eigenvalue weighted by Crippen LogP contribution is -2.46. The largest absolute Gasteiger partial charge is 0.374 e. The highest BCUT2D eigenvalue weighted by atomic mass is 32.1. The summed E-state index contributed by atoms with van der Waals surface area (Å²) in [6.45, 7) is 1.58. The predicted molar refractivity (Wildman–Crippen MR) is 86.5 cm³/mol. The Morgan fingerprint density at radius 3 is 3.04 bits per heavy atom. The van der Waals surface area contributed by atoms with Crippen LogP contribution < -0.4 is 0 Å². The van der Waals surface area contributed by atoms with E-state index in [1.54, 1.807) is 17.8 Å². The molecule has 0 aromatic carbocycles. The molecule has 3 atom stereocenters. The summed E-state index contributed by atoms with van der Waals surface area (Å²) in [5.41, 5.74) is 1.47. The summed E-state index contributed by atoms with van der Waals surface area (Å²) < 4.78 is 15.9. The van der Waals surface area contributed by atoms with Gasteiger partial charge in [-0.05, 0) is 42.1 Å². The van der Waals surface area contributed by atoms with Gasteiger partial charge in [0.2, 0.25) is 0 Å². The molecule has 4 rings (SSSR count). The lowest BCUT2D eigenvalue weighted by atomic mass is 10.1. The van der Waals surface area contributed by atoms with Crippen LogP contribution in [0.15, 0.2) is 29.9 Å². The van der Waals surface area contributed by atoms with E-state index >= 15 is 0 Å². The molecule has 2 aromatic heterocycles. The molecule has 2 fully saturated rings. The van der Waals surface area contributed by atoms with E-state index in [0.717, 1.165) is 18.4 Å². The summed E-state index contributed by atoms with van der Waals surface area (Å²) in [7, 11) is 0. The van der Waals surface area contributed by atoms with Crippen LogP contribution in [0.3, 0.4) is 0 Å². The molecule has 0 spiro atoms. The zero-order valence-electron chi connectivity index (χ0n) is 13.1. The third-order valence-electron chi connectivity index (χ3n) is 4.59. The van der Waals surface area contributed by atoms with Crippen molar-refractivity contribution in [2.75, 3.05) is 13.2 Å². The quantitative estimate of drug-likeness (QED) is 0.835. The van der Waals surface area contributed by atoms with Gasteiger partial charge in [-0.3, -0.25) is 9.78 Å². The fourth-order valence-electron chi connectivity index (χ4n) is 3.44. The second kappa shape index (κ2) is 6.92. The maximum absolute atomic E-state index is 12.7. The van der Waals surface area contributed by atoms with Crippen molar-refractivity contribution in [1.29, 1.82) is 0 Å². The number of aromatic nitrogens is 3. The van der Waals surface area contributed by atoms with E-state index in [-0.39, 0.29) is 24.2 Å². The lowest BCUT2D eigenvalue weighted by molar-refractivity contribution is -0.0598. The van der Waals surface area contributed by atoms with Crippen molar-refractivity contribution in [1.82, 2.24) is 19.5 Å². The van der Waals surface area contributed by atoms with Crippen molar-refractivity contribution in [3.05, 3.63) is 41.2 Å². The smallest absolute Gasteiger partial charge is 0.275 e. The average Bonchev–Trinajstić information content (AvgIpc) is 3.22. The van der Waals surface area contributed by atoms with Crippen LogP contribution in [0.25, 0.3) is 0 Å². The zero-order chi connectivity index (χ0) is 16.4. The van der Waals surface area contributed by atoms with Crippen LogP contribution in [-0.2, 0) is 16.1 Å². The van der Waals surface area contributed by atoms with Crippen LogP contribution in [-0.4, -0.2) is 56.8 Å². The number of hydrogen-bond donors (Lipinski definition) is 0. The highest BCUT2D eigenvalue weighted by Crippen LogP contribution is 2.33. The lowest BCUT2D eigenvalue weighted by Gasteiger charge is -2.30. The Bertz CT molecular complexity index is 682. The predicted octanol–water partition coefficient (Wildman–Crippen LogP) is 1.52.